The van der Waals surface area contributed by atoms with Crippen LogP contribution in [0.5, 0.6) is 0 Å². The second-order valence-corrected chi connectivity index (χ2v) is 6.84. The molecule has 2 unspecified atom stereocenters. The van der Waals surface area contributed by atoms with Gasteiger partial charge in [-0.25, -0.2) is 4.90 Å². The first-order chi connectivity index (χ1) is 9.81. The molecule has 0 radical (unpaired) electrons. The number of amides is 2. The molecule has 2 rings (SSSR count). The summed E-state index contributed by atoms with van der Waals surface area (Å²) in [6, 6.07) is 4.46. The molecule has 0 spiro atoms. The van der Waals surface area contributed by atoms with Crippen LogP contribution < -0.4 is 4.90 Å². The molecule has 1 aliphatic rings. The van der Waals surface area contributed by atoms with Crippen molar-refractivity contribution in [1.82, 2.24) is 0 Å². The number of carbonyl (C=O) groups is 3. The minimum Gasteiger partial charge on any atom is -0.480 e. The van der Waals surface area contributed by atoms with E-state index >= 15 is 0 Å². The molecule has 0 saturated carbocycles. The second-order valence-electron chi connectivity index (χ2n) is 4.48. The fourth-order valence-corrected chi connectivity index (χ4v) is 3.27. The molecule has 1 fully saturated rings. The highest BCUT2D eigenvalue weighted by Crippen LogP contribution is 2.34. The van der Waals surface area contributed by atoms with Gasteiger partial charge < -0.3 is 5.11 Å². The summed E-state index contributed by atoms with van der Waals surface area (Å²) in [6.07, 6.45) is -0.0264. The molecule has 2 amide bonds. The zero-order valence-electron chi connectivity index (χ0n) is 10.9. The van der Waals surface area contributed by atoms with Crippen molar-refractivity contribution < 1.29 is 19.5 Å². The van der Waals surface area contributed by atoms with E-state index in [2.05, 4.69) is 0 Å². The zero-order valence-corrected chi connectivity index (χ0v) is 13.2. The molecule has 0 bridgehead atoms. The van der Waals surface area contributed by atoms with Gasteiger partial charge in [-0.05, 0) is 25.1 Å². The number of aliphatic carboxylic acids is 1. The lowest BCUT2D eigenvalue weighted by Gasteiger charge is -2.16. The number of imide groups is 1. The van der Waals surface area contributed by atoms with Gasteiger partial charge in [0.1, 0.15) is 5.25 Å². The maximum atomic E-state index is 12.3. The van der Waals surface area contributed by atoms with Gasteiger partial charge in [0.25, 0.3) is 0 Å². The predicted octanol–water partition coefficient (Wildman–Crippen LogP) is 2.83. The Labute approximate surface area is 135 Å². The second kappa shape index (κ2) is 6.25. The summed E-state index contributed by atoms with van der Waals surface area (Å²) < 4.78 is 0. The molecule has 1 aliphatic heterocycles. The SMILES string of the molecule is CC(SC1CC(=O)N(c2ccc(Cl)c(Cl)c2)C1=O)C(=O)O. The van der Waals surface area contributed by atoms with Gasteiger partial charge in [-0.15, -0.1) is 11.8 Å². The van der Waals surface area contributed by atoms with Crippen LogP contribution in [0.2, 0.25) is 10.0 Å². The monoisotopic (exact) mass is 347 g/mol. The smallest absolute Gasteiger partial charge is 0.316 e. The maximum absolute atomic E-state index is 12.3. The Kier molecular flexibility index (Phi) is 4.81. The first-order valence-electron chi connectivity index (χ1n) is 6.01. The van der Waals surface area contributed by atoms with Crippen LogP contribution in [0, 0.1) is 0 Å². The zero-order chi connectivity index (χ0) is 15.7. The quantitative estimate of drug-likeness (QED) is 0.847. The van der Waals surface area contributed by atoms with E-state index in [1.165, 1.54) is 25.1 Å². The Balaban J connectivity index is 2.22. The van der Waals surface area contributed by atoms with E-state index < -0.39 is 22.4 Å². The van der Waals surface area contributed by atoms with Gasteiger partial charge in [-0.1, -0.05) is 23.2 Å². The lowest BCUT2D eigenvalue weighted by Crippen LogP contribution is -2.32. The minimum atomic E-state index is -1.02. The average Bonchev–Trinajstić information content (AvgIpc) is 2.68. The highest BCUT2D eigenvalue weighted by atomic mass is 35.5. The third kappa shape index (κ3) is 3.33. The summed E-state index contributed by atoms with van der Waals surface area (Å²) in [5, 5.41) is 7.99. The van der Waals surface area contributed by atoms with E-state index in [-0.39, 0.29) is 17.4 Å². The first-order valence-corrected chi connectivity index (χ1v) is 7.71. The van der Waals surface area contributed by atoms with E-state index in [4.69, 9.17) is 28.3 Å². The minimum absolute atomic E-state index is 0.0264. The van der Waals surface area contributed by atoms with E-state index in [0.29, 0.717) is 10.7 Å². The van der Waals surface area contributed by atoms with Crippen molar-refractivity contribution in [1.29, 1.82) is 0 Å². The summed E-state index contributed by atoms with van der Waals surface area (Å²) in [5.41, 5.74) is 0.338. The molecule has 0 aliphatic carbocycles. The molecule has 5 nitrogen and oxygen atoms in total. The number of benzene rings is 1. The van der Waals surface area contributed by atoms with Crippen molar-refractivity contribution >= 4 is 58.4 Å². The number of hydrogen-bond donors (Lipinski definition) is 1. The van der Waals surface area contributed by atoms with Gasteiger partial charge >= 0.3 is 5.97 Å². The highest BCUT2D eigenvalue weighted by Gasteiger charge is 2.41. The normalized spacial score (nSPS) is 20.0. The lowest BCUT2D eigenvalue weighted by molar-refractivity contribution is -0.136. The van der Waals surface area contributed by atoms with Crippen molar-refractivity contribution in [2.75, 3.05) is 4.90 Å². The maximum Gasteiger partial charge on any atom is 0.316 e. The number of carboxylic acid groups (broad SMARTS) is 1. The van der Waals surface area contributed by atoms with Crippen LogP contribution in [0.25, 0.3) is 0 Å². The Morgan fingerprint density at radius 2 is 2.05 bits per heavy atom. The van der Waals surface area contributed by atoms with Crippen molar-refractivity contribution in [2.24, 2.45) is 0 Å². The summed E-state index contributed by atoms with van der Waals surface area (Å²) in [5.74, 6) is -1.83. The molecular formula is C13H11Cl2NO4S. The van der Waals surface area contributed by atoms with Crippen LogP contribution in [-0.2, 0) is 14.4 Å². The van der Waals surface area contributed by atoms with Gasteiger partial charge in [0.05, 0.1) is 21.0 Å². The van der Waals surface area contributed by atoms with Gasteiger partial charge in [0, 0.05) is 6.42 Å². The Morgan fingerprint density at radius 1 is 1.38 bits per heavy atom. The topological polar surface area (TPSA) is 74.7 Å². The predicted molar refractivity (Wildman–Crippen MR) is 82.0 cm³/mol. The molecule has 21 heavy (non-hydrogen) atoms. The van der Waals surface area contributed by atoms with Gasteiger partial charge in [0.15, 0.2) is 0 Å². The summed E-state index contributed by atoms with van der Waals surface area (Å²) in [6.45, 7) is 1.48. The van der Waals surface area contributed by atoms with Crippen LogP contribution in [0.3, 0.4) is 0 Å². The Bertz CT molecular complexity index is 622. The van der Waals surface area contributed by atoms with Crippen LogP contribution in [0.4, 0.5) is 5.69 Å². The molecule has 8 heteroatoms. The molecule has 0 aromatic heterocycles. The first kappa shape index (κ1) is 16.1. The summed E-state index contributed by atoms with van der Waals surface area (Å²) >= 11 is 12.7. The fourth-order valence-electron chi connectivity index (χ4n) is 1.91. The molecule has 1 heterocycles. The molecule has 2 atom stereocenters. The van der Waals surface area contributed by atoms with Crippen molar-refractivity contribution in [3.05, 3.63) is 28.2 Å². The van der Waals surface area contributed by atoms with Crippen molar-refractivity contribution in [3.8, 4) is 0 Å². The standard InChI is InChI=1S/C13H11Cl2NO4S/c1-6(13(19)20)21-10-5-11(17)16(12(10)18)7-2-3-8(14)9(15)4-7/h2-4,6,10H,5H2,1H3,(H,19,20). The molecular weight excluding hydrogens is 337 g/mol. The van der Waals surface area contributed by atoms with E-state index in [1.807, 2.05) is 0 Å². The molecule has 1 saturated heterocycles. The summed E-state index contributed by atoms with van der Waals surface area (Å²) in [7, 11) is 0. The third-order valence-electron chi connectivity index (χ3n) is 2.98. The third-order valence-corrected chi connectivity index (χ3v) is 5.03. The molecule has 112 valence electrons. The number of anilines is 1. The van der Waals surface area contributed by atoms with Crippen LogP contribution in [0.15, 0.2) is 18.2 Å². The van der Waals surface area contributed by atoms with Gasteiger partial charge in [0.2, 0.25) is 11.8 Å². The number of carboxylic acids is 1. The number of hydrogen-bond acceptors (Lipinski definition) is 4. The van der Waals surface area contributed by atoms with E-state index in [0.717, 1.165) is 16.7 Å². The van der Waals surface area contributed by atoms with Crippen molar-refractivity contribution in [2.45, 2.75) is 23.8 Å². The van der Waals surface area contributed by atoms with Gasteiger partial charge in [-0.3, -0.25) is 14.4 Å². The molecule has 1 aromatic carbocycles. The largest absolute Gasteiger partial charge is 0.480 e. The number of nitrogens with zero attached hydrogens (tertiary/aromatic N) is 1. The van der Waals surface area contributed by atoms with Crippen molar-refractivity contribution in [3.63, 3.8) is 0 Å². The summed E-state index contributed by atoms with van der Waals surface area (Å²) in [4.78, 5) is 36.2. The Hall–Kier alpha value is -1.24. The van der Waals surface area contributed by atoms with Gasteiger partial charge in [-0.2, -0.15) is 0 Å². The van der Waals surface area contributed by atoms with E-state index in [1.54, 1.807) is 0 Å². The number of thioether (sulfide) groups is 1. The van der Waals surface area contributed by atoms with Crippen LogP contribution in [-0.4, -0.2) is 33.4 Å². The van der Waals surface area contributed by atoms with E-state index in [9.17, 15) is 14.4 Å². The Morgan fingerprint density at radius 3 is 2.62 bits per heavy atom. The number of carbonyl (C=O) groups excluding carboxylic acids is 2. The molecule has 1 N–H and O–H groups in total. The fraction of sp³-hybridized carbons (Fsp3) is 0.308. The number of halogens is 2. The lowest BCUT2D eigenvalue weighted by atomic mass is 10.3. The molecule has 1 aromatic rings. The van der Waals surface area contributed by atoms with Crippen LogP contribution in [0.1, 0.15) is 13.3 Å². The average molecular weight is 348 g/mol. The number of rotatable bonds is 4. The highest BCUT2D eigenvalue weighted by molar-refractivity contribution is 8.01. The van der Waals surface area contributed by atoms with Crippen LogP contribution >= 0.6 is 35.0 Å².